The Bertz CT molecular complexity index is 556. The molecule has 0 aliphatic heterocycles. The molecule has 7 nitrogen and oxygen atoms in total. The summed E-state index contributed by atoms with van der Waals surface area (Å²) in [7, 11) is -3.07. The van der Waals surface area contributed by atoms with E-state index in [-0.39, 0.29) is 17.5 Å². The second-order valence-corrected chi connectivity index (χ2v) is 6.44. The fourth-order valence-electron chi connectivity index (χ4n) is 1.57. The highest BCUT2D eigenvalue weighted by molar-refractivity contribution is 7.90. The highest BCUT2D eigenvalue weighted by atomic mass is 32.2. The lowest BCUT2D eigenvalue weighted by Gasteiger charge is -2.13. The second kappa shape index (κ2) is 5.30. The second-order valence-electron chi connectivity index (χ2n) is 4.25. The minimum absolute atomic E-state index is 0.0231. The van der Waals surface area contributed by atoms with Crippen molar-refractivity contribution in [2.75, 3.05) is 17.3 Å². The Kier molecular flexibility index (Phi) is 4.23. The lowest BCUT2D eigenvalue weighted by Crippen LogP contribution is -2.25. The van der Waals surface area contributed by atoms with Gasteiger partial charge in [-0.15, -0.1) is 0 Å². The molecule has 0 fully saturated rings. The maximum absolute atomic E-state index is 11.1. The average molecular weight is 273 g/mol. The van der Waals surface area contributed by atoms with Gasteiger partial charge in [-0.25, -0.2) is 13.4 Å². The van der Waals surface area contributed by atoms with E-state index in [9.17, 15) is 18.5 Å². The Morgan fingerprint density at radius 1 is 1.56 bits per heavy atom. The summed E-state index contributed by atoms with van der Waals surface area (Å²) >= 11 is 0. The van der Waals surface area contributed by atoms with Crippen molar-refractivity contribution in [2.45, 2.75) is 19.9 Å². The highest BCUT2D eigenvalue weighted by Gasteiger charge is 2.14. The van der Waals surface area contributed by atoms with Gasteiger partial charge < -0.3 is 5.32 Å². The number of nitrogens with one attached hydrogen (secondary N) is 1. The van der Waals surface area contributed by atoms with Crippen molar-refractivity contribution in [1.29, 1.82) is 0 Å². The molecule has 0 saturated carbocycles. The van der Waals surface area contributed by atoms with Crippen molar-refractivity contribution in [2.24, 2.45) is 0 Å². The van der Waals surface area contributed by atoms with Gasteiger partial charge in [0.1, 0.15) is 21.9 Å². The van der Waals surface area contributed by atoms with E-state index >= 15 is 0 Å². The van der Waals surface area contributed by atoms with Gasteiger partial charge >= 0.3 is 0 Å². The van der Waals surface area contributed by atoms with E-state index in [4.69, 9.17) is 0 Å². The third kappa shape index (κ3) is 4.28. The average Bonchev–Trinajstić information content (AvgIpc) is 2.13. The van der Waals surface area contributed by atoms with Crippen molar-refractivity contribution in [3.63, 3.8) is 0 Å². The van der Waals surface area contributed by atoms with Crippen molar-refractivity contribution < 1.29 is 13.3 Å². The maximum Gasteiger partial charge on any atom is 0.290 e. The number of hydrogen-bond acceptors (Lipinski definition) is 6. The van der Waals surface area contributed by atoms with Crippen LogP contribution in [0.5, 0.6) is 0 Å². The van der Waals surface area contributed by atoms with E-state index in [1.165, 1.54) is 6.07 Å². The molecule has 1 aromatic heterocycles. The number of nitro groups is 1. The van der Waals surface area contributed by atoms with Gasteiger partial charge in [-0.2, -0.15) is 0 Å². The molecule has 1 rings (SSSR count). The van der Waals surface area contributed by atoms with Crippen molar-refractivity contribution in [3.05, 3.63) is 27.9 Å². The van der Waals surface area contributed by atoms with Crippen LogP contribution in [0.1, 0.15) is 12.5 Å². The minimum Gasteiger partial charge on any atom is -0.367 e. The number of anilines is 1. The van der Waals surface area contributed by atoms with Crippen LogP contribution >= 0.6 is 0 Å². The highest BCUT2D eigenvalue weighted by Crippen LogP contribution is 2.19. The summed E-state index contributed by atoms with van der Waals surface area (Å²) < 4.78 is 22.2. The zero-order valence-corrected chi connectivity index (χ0v) is 11.2. The Labute approximate surface area is 105 Å². The van der Waals surface area contributed by atoms with Crippen molar-refractivity contribution in [1.82, 2.24) is 4.98 Å². The Hall–Kier alpha value is -1.70. The third-order valence-electron chi connectivity index (χ3n) is 2.23. The van der Waals surface area contributed by atoms with Crippen molar-refractivity contribution in [3.8, 4) is 0 Å². The summed E-state index contributed by atoms with van der Waals surface area (Å²) in [5.74, 6) is 0.402. The molecule has 0 aromatic carbocycles. The molecule has 0 aliphatic carbocycles. The number of aromatic nitrogens is 1. The molecule has 0 radical (unpaired) electrons. The monoisotopic (exact) mass is 273 g/mol. The van der Waals surface area contributed by atoms with E-state index in [1.807, 2.05) is 0 Å². The first-order chi connectivity index (χ1) is 8.19. The number of pyridine rings is 1. The number of rotatable bonds is 5. The normalized spacial score (nSPS) is 13.1. The van der Waals surface area contributed by atoms with Gasteiger partial charge in [-0.05, 0) is 19.9 Å². The molecule has 1 heterocycles. The smallest absolute Gasteiger partial charge is 0.290 e. The quantitative estimate of drug-likeness (QED) is 0.637. The lowest BCUT2D eigenvalue weighted by molar-refractivity contribution is -0.385. The van der Waals surface area contributed by atoms with Gasteiger partial charge in [0, 0.05) is 17.9 Å². The zero-order chi connectivity index (χ0) is 13.9. The lowest BCUT2D eigenvalue weighted by atomic mass is 10.2. The first-order valence-electron chi connectivity index (χ1n) is 5.24. The number of hydrogen-bond donors (Lipinski definition) is 1. The number of sulfone groups is 1. The maximum atomic E-state index is 11.1. The van der Waals surface area contributed by atoms with Gasteiger partial charge in [0.15, 0.2) is 0 Å². The fourth-order valence-corrected chi connectivity index (χ4v) is 2.56. The van der Waals surface area contributed by atoms with Crippen LogP contribution in [-0.2, 0) is 9.84 Å². The first kappa shape index (κ1) is 14.4. The standard InChI is InChI=1S/C10H15N3O4S/c1-7-4-10(11-5-9(7)13(14)15)12-8(2)6-18(3,16)17/h4-5,8H,6H2,1-3H3,(H,11,12). The third-order valence-corrected chi connectivity index (χ3v) is 3.33. The molecule has 1 unspecified atom stereocenters. The van der Waals surface area contributed by atoms with Crippen LogP contribution in [0.3, 0.4) is 0 Å². The van der Waals surface area contributed by atoms with E-state index in [1.54, 1.807) is 13.8 Å². The molecule has 100 valence electrons. The fraction of sp³-hybridized carbons (Fsp3) is 0.500. The number of aryl methyl sites for hydroxylation is 1. The summed E-state index contributed by atoms with van der Waals surface area (Å²) in [5.41, 5.74) is 0.417. The molecule has 1 atom stereocenters. The summed E-state index contributed by atoms with van der Waals surface area (Å²) in [4.78, 5) is 14.0. The molecule has 18 heavy (non-hydrogen) atoms. The van der Waals surface area contributed by atoms with Gasteiger partial charge in [0.05, 0.1) is 10.7 Å². The molecule has 1 N–H and O–H groups in total. The molecule has 0 spiro atoms. The van der Waals surface area contributed by atoms with E-state index in [0.717, 1.165) is 12.5 Å². The SMILES string of the molecule is Cc1cc(NC(C)CS(C)(=O)=O)ncc1[N+](=O)[O-]. The first-order valence-corrected chi connectivity index (χ1v) is 7.30. The van der Waals surface area contributed by atoms with E-state index < -0.39 is 14.8 Å². The molecular formula is C10H15N3O4S. The van der Waals surface area contributed by atoms with Crippen LogP contribution in [-0.4, -0.2) is 36.4 Å². The largest absolute Gasteiger partial charge is 0.367 e. The van der Waals surface area contributed by atoms with Gasteiger partial charge in [-0.3, -0.25) is 10.1 Å². The summed E-state index contributed by atoms with van der Waals surface area (Å²) in [5, 5.41) is 13.5. The van der Waals surface area contributed by atoms with Crippen LogP contribution in [0.15, 0.2) is 12.3 Å². The summed E-state index contributed by atoms with van der Waals surface area (Å²) in [6.45, 7) is 3.31. The molecule has 0 amide bonds. The van der Waals surface area contributed by atoms with Crippen LogP contribution in [0, 0.1) is 17.0 Å². The van der Waals surface area contributed by atoms with Gasteiger partial charge in [0.2, 0.25) is 0 Å². The summed E-state index contributed by atoms with van der Waals surface area (Å²) in [6, 6.07) is 1.21. The van der Waals surface area contributed by atoms with Gasteiger partial charge in [0.25, 0.3) is 5.69 Å². The molecule has 0 saturated heterocycles. The minimum atomic E-state index is -3.07. The van der Waals surface area contributed by atoms with E-state index in [2.05, 4.69) is 10.3 Å². The predicted molar refractivity (Wildman–Crippen MR) is 68.4 cm³/mol. The Balaban J connectivity index is 2.81. The molecule has 8 heteroatoms. The van der Waals surface area contributed by atoms with Crippen molar-refractivity contribution >= 4 is 21.3 Å². The van der Waals surface area contributed by atoms with E-state index in [0.29, 0.717) is 11.4 Å². The van der Waals surface area contributed by atoms with Crippen LogP contribution in [0.4, 0.5) is 11.5 Å². The summed E-state index contributed by atoms with van der Waals surface area (Å²) in [6.07, 6.45) is 2.31. The zero-order valence-electron chi connectivity index (χ0n) is 10.4. The predicted octanol–water partition coefficient (Wildman–Crippen LogP) is 1.14. The molecule has 1 aromatic rings. The topological polar surface area (TPSA) is 102 Å². The molecule has 0 aliphatic rings. The van der Waals surface area contributed by atoms with Gasteiger partial charge in [-0.1, -0.05) is 0 Å². The molecule has 0 bridgehead atoms. The van der Waals surface area contributed by atoms with Crippen LogP contribution in [0.2, 0.25) is 0 Å². The number of nitrogens with zero attached hydrogens (tertiary/aromatic N) is 2. The Morgan fingerprint density at radius 2 is 2.17 bits per heavy atom. The van der Waals surface area contributed by atoms with Crippen LogP contribution in [0.25, 0.3) is 0 Å². The Morgan fingerprint density at radius 3 is 2.61 bits per heavy atom. The molecular weight excluding hydrogens is 258 g/mol. The van der Waals surface area contributed by atoms with Crippen LogP contribution < -0.4 is 5.32 Å².